The van der Waals surface area contributed by atoms with Crippen LogP contribution < -0.4 is 0 Å². The second-order valence-electron chi connectivity index (χ2n) is 4.12. The highest BCUT2D eigenvalue weighted by Crippen LogP contribution is 2.22. The summed E-state index contributed by atoms with van der Waals surface area (Å²) in [5.41, 5.74) is 2.25. The summed E-state index contributed by atoms with van der Waals surface area (Å²) in [6.07, 6.45) is 4.94. The monoisotopic (exact) mass is 241 g/mol. The van der Waals surface area contributed by atoms with Crippen LogP contribution in [0.2, 0.25) is 0 Å². The molecule has 0 spiro atoms. The van der Waals surface area contributed by atoms with Gasteiger partial charge in [0.15, 0.2) is 0 Å². The molecular formula is C14H11NO3. The normalized spacial score (nSPS) is 10.9. The van der Waals surface area contributed by atoms with E-state index >= 15 is 0 Å². The number of rotatable bonds is 3. The fraction of sp³-hybridized carbons (Fsp3) is 0.0714. The lowest BCUT2D eigenvalue weighted by Crippen LogP contribution is -1.97. The van der Waals surface area contributed by atoms with E-state index in [4.69, 9.17) is 4.42 Å². The van der Waals surface area contributed by atoms with E-state index in [-0.39, 0.29) is 0 Å². The van der Waals surface area contributed by atoms with Crippen molar-refractivity contribution in [3.05, 3.63) is 60.2 Å². The minimum Gasteiger partial charge on any atom is -0.478 e. The molecule has 0 saturated carbocycles. The minimum absolute atomic E-state index is 0.328. The lowest BCUT2D eigenvalue weighted by atomic mass is 10.2. The molecule has 18 heavy (non-hydrogen) atoms. The summed E-state index contributed by atoms with van der Waals surface area (Å²) in [6, 6.07) is 9.36. The molecule has 2 aromatic heterocycles. The van der Waals surface area contributed by atoms with Crippen LogP contribution in [0.15, 0.2) is 53.5 Å². The Morgan fingerprint density at radius 3 is 2.83 bits per heavy atom. The number of furan rings is 1. The summed E-state index contributed by atoms with van der Waals surface area (Å²) in [7, 11) is 0. The smallest absolute Gasteiger partial charge is 0.337 e. The largest absolute Gasteiger partial charge is 0.478 e. The van der Waals surface area contributed by atoms with Crippen LogP contribution in [0.1, 0.15) is 15.9 Å². The fourth-order valence-corrected chi connectivity index (χ4v) is 2.13. The summed E-state index contributed by atoms with van der Waals surface area (Å²) in [4.78, 5) is 11.2. The molecule has 0 amide bonds. The molecule has 90 valence electrons. The molecule has 3 rings (SSSR count). The first-order valence-corrected chi connectivity index (χ1v) is 5.58. The summed E-state index contributed by atoms with van der Waals surface area (Å²) >= 11 is 0. The maximum atomic E-state index is 11.2. The molecule has 0 fully saturated rings. The Balaban J connectivity index is 2.14. The number of hydrogen-bond donors (Lipinski definition) is 1. The number of benzene rings is 1. The molecule has 0 radical (unpaired) electrons. The molecule has 4 nitrogen and oxygen atoms in total. The van der Waals surface area contributed by atoms with Crippen molar-refractivity contribution in [2.75, 3.05) is 0 Å². The van der Waals surface area contributed by atoms with Crippen LogP contribution in [-0.2, 0) is 6.54 Å². The van der Waals surface area contributed by atoms with Gasteiger partial charge in [-0.15, -0.1) is 0 Å². The Morgan fingerprint density at radius 1 is 1.28 bits per heavy atom. The van der Waals surface area contributed by atoms with Crippen molar-refractivity contribution in [3.63, 3.8) is 0 Å². The van der Waals surface area contributed by atoms with E-state index in [1.54, 1.807) is 18.7 Å². The van der Waals surface area contributed by atoms with Gasteiger partial charge < -0.3 is 14.1 Å². The van der Waals surface area contributed by atoms with Gasteiger partial charge in [0.25, 0.3) is 0 Å². The predicted octanol–water partition coefficient (Wildman–Crippen LogP) is 2.98. The van der Waals surface area contributed by atoms with Gasteiger partial charge in [0.05, 0.1) is 24.6 Å². The average molecular weight is 241 g/mol. The van der Waals surface area contributed by atoms with Gasteiger partial charge in [-0.25, -0.2) is 4.79 Å². The summed E-state index contributed by atoms with van der Waals surface area (Å²) in [6.45, 7) is 0.601. The summed E-state index contributed by atoms with van der Waals surface area (Å²) in [5, 5.41) is 9.95. The molecule has 0 aliphatic rings. The molecule has 0 aliphatic heterocycles. The number of hydrogen-bond acceptors (Lipinski definition) is 2. The first-order valence-electron chi connectivity index (χ1n) is 5.58. The third-order valence-corrected chi connectivity index (χ3v) is 2.95. The summed E-state index contributed by atoms with van der Waals surface area (Å²) < 4.78 is 6.94. The molecule has 1 N–H and O–H groups in total. The zero-order valence-corrected chi connectivity index (χ0v) is 9.54. The van der Waals surface area contributed by atoms with Gasteiger partial charge in [0, 0.05) is 22.7 Å². The Morgan fingerprint density at radius 2 is 2.11 bits per heavy atom. The van der Waals surface area contributed by atoms with Gasteiger partial charge in [0.2, 0.25) is 0 Å². The third kappa shape index (κ3) is 1.68. The number of carbonyl (C=O) groups is 1. The predicted molar refractivity (Wildman–Crippen MR) is 66.7 cm³/mol. The Hall–Kier alpha value is -2.49. The standard InChI is InChI=1S/C14H11NO3/c16-14(17)12-8-15(7-10-5-6-18-9-10)13-4-2-1-3-11(12)13/h1-6,8-9H,7H2,(H,16,17). The quantitative estimate of drug-likeness (QED) is 0.766. The van der Waals surface area contributed by atoms with Crippen molar-refractivity contribution < 1.29 is 14.3 Å². The van der Waals surface area contributed by atoms with E-state index in [0.29, 0.717) is 12.1 Å². The first kappa shape index (κ1) is 10.7. The topological polar surface area (TPSA) is 55.4 Å². The van der Waals surface area contributed by atoms with Crippen molar-refractivity contribution in [1.29, 1.82) is 0 Å². The van der Waals surface area contributed by atoms with Gasteiger partial charge >= 0.3 is 5.97 Å². The molecule has 4 heteroatoms. The minimum atomic E-state index is -0.905. The van der Waals surface area contributed by atoms with E-state index < -0.39 is 5.97 Å². The van der Waals surface area contributed by atoms with Gasteiger partial charge in [0.1, 0.15) is 0 Å². The molecule has 3 aromatic rings. The Bertz CT molecular complexity index is 695. The van der Waals surface area contributed by atoms with Crippen LogP contribution in [0.25, 0.3) is 10.9 Å². The molecule has 0 bridgehead atoms. The van der Waals surface area contributed by atoms with Crippen LogP contribution in [0.3, 0.4) is 0 Å². The highest BCUT2D eigenvalue weighted by molar-refractivity contribution is 6.03. The SMILES string of the molecule is O=C(O)c1cn(Cc2ccoc2)c2ccccc12. The second kappa shape index (κ2) is 4.07. The fourth-order valence-electron chi connectivity index (χ4n) is 2.13. The molecule has 0 saturated heterocycles. The average Bonchev–Trinajstić information content (AvgIpc) is 2.98. The van der Waals surface area contributed by atoms with E-state index in [2.05, 4.69) is 0 Å². The molecule has 2 heterocycles. The molecule has 0 aliphatic carbocycles. The van der Waals surface area contributed by atoms with Crippen LogP contribution in [0.5, 0.6) is 0 Å². The second-order valence-corrected chi connectivity index (χ2v) is 4.12. The van der Waals surface area contributed by atoms with E-state index in [9.17, 15) is 9.90 Å². The lowest BCUT2D eigenvalue weighted by molar-refractivity contribution is 0.0699. The Kier molecular flexibility index (Phi) is 2.41. The van der Waals surface area contributed by atoms with Crippen molar-refractivity contribution in [1.82, 2.24) is 4.57 Å². The molecule has 0 unspecified atom stereocenters. The molecular weight excluding hydrogens is 230 g/mol. The van der Waals surface area contributed by atoms with Gasteiger partial charge in [-0.3, -0.25) is 0 Å². The van der Waals surface area contributed by atoms with Crippen molar-refractivity contribution >= 4 is 16.9 Å². The number of nitrogens with zero attached hydrogens (tertiary/aromatic N) is 1. The number of aromatic carboxylic acids is 1. The van der Waals surface area contributed by atoms with Crippen molar-refractivity contribution in [2.24, 2.45) is 0 Å². The van der Waals surface area contributed by atoms with Crippen molar-refractivity contribution in [2.45, 2.75) is 6.54 Å². The highest BCUT2D eigenvalue weighted by Gasteiger charge is 2.13. The van der Waals surface area contributed by atoms with Crippen LogP contribution in [0.4, 0.5) is 0 Å². The van der Waals surface area contributed by atoms with Crippen LogP contribution >= 0.6 is 0 Å². The zero-order chi connectivity index (χ0) is 12.5. The number of carboxylic acid groups (broad SMARTS) is 1. The highest BCUT2D eigenvalue weighted by atomic mass is 16.4. The zero-order valence-electron chi connectivity index (χ0n) is 9.54. The number of para-hydroxylation sites is 1. The van der Waals surface area contributed by atoms with E-state index in [0.717, 1.165) is 16.5 Å². The number of aromatic nitrogens is 1. The van der Waals surface area contributed by atoms with E-state index in [1.807, 2.05) is 34.9 Å². The lowest BCUT2D eigenvalue weighted by Gasteiger charge is -2.02. The Labute approximate surface area is 103 Å². The number of fused-ring (bicyclic) bond motifs is 1. The summed E-state index contributed by atoms with van der Waals surface area (Å²) in [5.74, 6) is -0.905. The molecule has 0 atom stereocenters. The van der Waals surface area contributed by atoms with Gasteiger partial charge in [-0.05, 0) is 12.1 Å². The maximum absolute atomic E-state index is 11.2. The van der Waals surface area contributed by atoms with Gasteiger partial charge in [-0.1, -0.05) is 18.2 Å². The van der Waals surface area contributed by atoms with E-state index in [1.165, 1.54) is 0 Å². The number of carboxylic acids is 1. The first-order chi connectivity index (χ1) is 8.75. The van der Waals surface area contributed by atoms with Crippen molar-refractivity contribution in [3.8, 4) is 0 Å². The van der Waals surface area contributed by atoms with Crippen LogP contribution in [-0.4, -0.2) is 15.6 Å². The molecule has 1 aromatic carbocycles. The van der Waals surface area contributed by atoms with Gasteiger partial charge in [-0.2, -0.15) is 0 Å². The van der Waals surface area contributed by atoms with Crippen LogP contribution in [0, 0.1) is 0 Å². The maximum Gasteiger partial charge on any atom is 0.337 e. The third-order valence-electron chi connectivity index (χ3n) is 2.95.